The number of guanidine groups is 1. The van der Waals surface area contributed by atoms with E-state index in [1.165, 1.54) is 22.3 Å². The molecule has 0 aliphatic carbocycles. The Morgan fingerprint density at radius 3 is 2.61 bits per heavy atom. The zero-order chi connectivity index (χ0) is 19.9. The number of hydrogen-bond acceptors (Lipinski definition) is 2. The van der Waals surface area contributed by atoms with Gasteiger partial charge in [0.1, 0.15) is 5.82 Å². The van der Waals surface area contributed by atoms with Crippen molar-refractivity contribution >= 4 is 5.96 Å². The highest BCUT2D eigenvalue weighted by atomic mass is 15.3. The van der Waals surface area contributed by atoms with Crippen LogP contribution in [-0.4, -0.2) is 34.5 Å². The van der Waals surface area contributed by atoms with Crippen LogP contribution < -0.4 is 5.32 Å². The van der Waals surface area contributed by atoms with Crippen LogP contribution in [0.25, 0.3) is 0 Å². The Morgan fingerprint density at radius 2 is 1.89 bits per heavy atom. The Bertz CT molecular complexity index is 941. The second-order valence-electron chi connectivity index (χ2n) is 7.11. The molecule has 5 nitrogen and oxygen atoms in total. The summed E-state index contributed by atoms with van der Waals surface area (Å²) >= 11 is 0. The number of hydrogen-bond donors (Lipinski definition) is 1. The molecule has 1 aromatic heterocycles. The lowest BCUT2D eigenvalue weighted by Crippen LogP contribution is -2.38. The Labute approximate surface area is 167 Å². The number of nitrogens with one attached hydrogen (secondary N) is 1. The molecule has 5 heteroatoms. The number of nitrogens with zero attached hydrogens (tertiary/aromatic N) is 4. The summed E-state index contributed by atoms with van der Waals surface area (Å²) in [5.41, 5.74) is 5.11. The fourth-order valence-corrected chi connectivity index (χ4v) is 3.29. The van der Waals surface area contributed by atoms with Crippen LogP contribution in [0.4, 0.5) is 0 Å². The van der Waals surface area contributed by atoms with Gasteiger partial charge in [-0.1, -0.05) is 48.5 Å². The summed E-state index contributed by atoms with van der Waals surface area (Å²) in [6.07, 6.45) is 3.86. The first-order valence-electron chi connectivity index (χ1n) is 9.58. The topological polar surface area (TPSA) is 45.5 Å². The average Bonchev–Trinajstić information content (AvgIpc) is 3.09. The highest BCUT2D eigenvalue weighted by molar-refractivity contribution is 5.79. The third-order valence-electron chi connectivity index (χ3n) is 4.96. The van der Waals surface area contributed by atoms with Gasteiger partial charge in [0.15, 0.2) is 5.96 Å². The number of aryl methyl sites for hydroxylation is 2. The SMILES string of the molecule is CN=C(NCc1cccc(Cn2ccnc2C)c1)N(C)Cc1ccccc1C. The molecule has 0 radical (unpaired) electrons. The summed E-state index contributed by atoms with van der Waals surface area (Å²) in [5.74, 6) is 1.92. The molecule has 0 fully saturated rings. The molecule has 1 heterocycles. The van der Waals surface area contributed by atoms with Crippen molar-refractivity contribution in [1.82, 2.24) is 19.8 Å². The van der Waals surface area contributed by atoms with Crippen LogP contribution in [-0.2, 0) is 19.6 Å². The van der Waals surface area contributed by atoms with Gasteiger partial charge in [0, 0.05) is 46.1 Å². The summed E-state index contributed by atoms with van der Waals surface area (Å²) in [6, 6.07) is 17.1. The molecule has 0 saturated heterocycles. The lowest BCUT2D eigenvalue weighted by Gasteiger charge is -2.23. The number of rotatable bonds is 6. The summed E-state index contributed by atoms with van der Waals surface area (Å²) in [7, 11) is 3.90. The van der Waals surface area contributed by atoms with Crippen molar-refractivity contribution in [3.05, 3.63) is 89.0 Å². The lowest BCUT2D eigenvalue weighted by molar-refractivity contribution is 0.475. The van der Waals surface area contributed by atoms with Crippen LogP contribution in [0, 0.1) is 13.8 Å². The van der Waals surface area contributed by atoms with Gasteiger partial charge in [-0.25, -0.2) is 4.98 Å². The van der Waals surface area contributed by atoms with Crippen molar-refractivity contribution in [3.63, 3.8) is 0 Å². The van der Waals surface area contributed by atoms with Gasteiger partial charge in [-0.2, -0.15) is 0 Å². The summed E-state index contributed by atoms with van der Waals surface area (Å²) in [6.45, 7) is 6.57. The van der Waals surface area contributed by atoms with E-state index in [0.29, 0.717) is 0 Å². The molecule has 0 amide bonds. The van der Waals surface area contributed by atoms with Crippen molar-refractivity contribution in [2.24, 2.45) is 4.99 Å². The normalized spacial score (nSPS) is 11.5. The predicted octanol–water partition coefficient (Wildman–Crippen LogP) is 3.76. The van der Waals surface area contributed by atoms with E-state index in [4.69, 9.17) is 0 Å². The molecule has 0 saturated carbocycles. The molecule has 0 atom stereocenters. The number of aromatic nitrogens is 2. The van der Waals surface area contributed by atoms with Crippen LogP contribution in [0.5, 0.6) is 0 Å². The minimum absolute atomic E-state index is 0.738. The highest BCUT2D eigenvalue weighted by Crippen LogP contribution is 2.11. The molecule has 28 heavy (non-hydrogen) atoms. The van der Waals surface area contributed by atoms with E-state index in [9.17, 15) is 0 Å². The van der Waals surface area contributed by atoms with Crippen molar-refractivity contribution in [3.8, 4) is 0 Å². The standard InChI is InChI=1S/C23H29N5/c1-18-8-5-6-11-22(18)17-27(4)23(24-3)26-15-20-9-7-10-21(14-20)16-28-13-12-25-19(28)2/h5-14H,15-17H2,1-4H3,(H,24,26). The second kappa shape index (κ2) is 9.22. The fraction of sp³-hybridized carbons (Fsp3) is 0.304. The van der Waals surface area contributed by atoms with Crippen LogP contribution in [0.2, 0.25) is 0 Å². The van der Waals surface area contributed by atoms with E-state index in [0.717, 1.165) is 31.4 Å². The van der Waals surface area contributed by atoms with Crippen molar-refractivity contribution < 1.29 is 0 Å². The van der Waals surface area contributed by atoms with Crippen LogP contribution >= 0.6 is 0 Å². The quantitative estimate of drug-likeness (QED) is 0.527. The molecule has 0 aliphatic rings. The van der Waals surface area contributed by atoms with E-state index in [-0.39, 0.29) is 0 Å². The minimum atomic E-state index is 0.738. The van der Waals surface area contributed by atoms with E-state index >= 15 is 0 Å². The average molecular weight is 376 g/mol. The number of aliphatic imine (C=N–C) groups is 1. The zero-order valence-corrected chi connectivity index (χ0v) is 17.2. The fourth-order valence-electron chi connectivity index (χ4n) is 3.29. The maximum absolute atomic E-state index is 4.44. The third kappa shape index (κ3) is 5.00. The predicted molar refractivity (Wildman–Crippen MR) is 115 cm³/mol. The molecule has 146 valence electrons. The van der Waals surface area contributed by atoms with Crippen molar-refractivity contribution in [2.45, 2.75) is 33.5 Å². The van der Waals surface area contributed by atoms with Gasteiger partial charge in [0.2, 0.25) is 0 Å². The first kappa shape index (κ1) is 19.7. The maximum atomic E-state index is 4.44. The lowest BCUT2D eigenvalue weighted by atomic mass is 10.1. The van der Waals surface area contributed by atoms with Gasteiger partial charge in [-0.05, 0) is 36.1 Å². The van der Waals surface area contributed by atoms with Crippen LogP contribution in [0.1, 0.15) is 28.1 Å². The number of imidazole rings is 1. The monoisotopic (exact) mass is 375 g/mol. The van der Waals surface area contributed by atoms with Crippen molar-refractivity contribution in [1.29, 1.82) is 0 Å². The maximum Gasteiger partial charge on any atom is 0.193 e. The second-order valence-corrected chi connectivity index (χ2v) is 7.11. The van der Waals surface area contributed by atoms with Gasteiger partial charge < -0.3 is 14.8 Å². The van der Waals surface area contributed by atoms with Crippen LogP contribution in [0.3, 0.4) is 0 Å². The van der Waals surface area contributed by atoms with Gasteiger partial charge in [0.05, 0.1) is 0 Å². The van der Waals surface area contributed by atoms with Gasteiger partial charge in [-0.15, -0.1) is 0 Å². The number of benzene rings is 2. The van der Waals surface area contributed by atoms with Crippen molar-refractivity contribution in [2.75, 3.05) is 14.1 Å². The molecule has 3 aromatic rings. The first-order valence-corrected chi connectivity index (χ1v) is 9.58. The Hall–Kier alpha value is -3.08. The molecule has 0 spiro atoms. The largest absolute Gasteiger partial charge is 0.352 e. The van der Waals surface area contributed by atoms with Gasteiger partial charge in [-0.3, -0.25) is 4.99 Å². The van der Waals surface area contributed by atoms with Gasteiger partial charge in [0.25, 0.3) is 0 Å². The molecular weight excluding hydrogens is 346 g/mol. The summed E-state index contributed by atoms with van der Waals surface area (Å²) in [4.78, 5) is 10.9. The molecule has 0 bridgehead atoms. The molecule has 0 aliphatic heterocycles. The van der Waals surface area contributed by atoms with E-state index in [1.807, 2.05) is 26.4 Å². The van der Waals surface area contributed by atoms with Crippen LogP contribution in [0.15, 0.2) is 65.9 Å². The zero-order valence-electron chi connectivity index (χ0n) is 17.2. The molecule has 1 N–H and O–H groups in total. The minimum Gasteiger partial charge on any atom is -0.352 e. The Morgan fingerprint density at radius 1 is 1.11 bits per heavy atom. The third-order valence-corrected chi connectivity index (χ3v) is 4.96. The first-order chi connectivity index (χ1) is 13.6. The Balaban J connectivity index is 1.61. The van der Waals surface area contributed by atoms with E-state index < -0.39 is 0 Å². The molecule has 2 aromatic carbocycles. The highest BCUT2D eigenvalue weighted by Gasteiger charge is 2.08. The summed E-state index contributed by atoms with van der Waals surface area (Å²) in [5, 5.41) is 3.48. The molecule has 0 unspecified atom stereocenters. The van der Waals surface area contributed by atoms with E-state index in [2.05, 4.69) is 87.3 Å². The Kier molecular flexibility index (Phi) is 6.48. The van der Waals surface area contributed by atoms with Gasteiger partial charge >= 0.3 is 0 Å². The summed E-state index contributed by atoms with van der Waals surface area (Å²) < 4.78 is 2.15. The van der Waals surface area contributed by atoms with E-state index in [1.54, 1.807) is 0 Å². The molecule has 3 rings (SSSR count). The smallest absolute Gasteiger partial charge is 0.193 e. The molecular formula is C23H29N5.